The SMILES string of the molecule is O=C(OCc1ccccc1)OC1CN(C(=O)c2ccc3ccccc3c2)CCO1. The molecule has 1 amide bonds. The lowest BCUT2D eigenvalue weighted by molar-refractivity contribution is -0.154. The summed E-state index contributed by atoms with van der Waals surface area (Å²) in [5.74, 6) is -0.120. The lowest BCUT2D eigenvalue weighted by Gasteiger charge is -2.32. The van der Waals surface area contributed by atoms with E-state index < -0.39 is 12.4 Å². The van der Waals surface area contributed by atoms with E-state index in [1.807, 2.05) is 72.8 Å². The van der Waals surface area contributed by atoms with Gasteiger partial charge in [0, 0.05) is 12.1 Å². The van der Waals surface area contributed by atoms with Crippen LogP contribution in [0, 0.1) is 0 Å². The van der Waals surface area contributed by atoms with Crippen LogP contribution in [-0.2, 0) is 20.8 Å². The summed E-state index contributed by atoms with van der Waals surface area (Å²) in [6.45, 7) is 0.999. The number of benzene rings is 3. The highest BCUT2D eigenvalue weighted by atomic mass is 16.8. The van der Waals surface area contributed by atoms with Crippen molar-refractivity contribution in [2.45, 2.75) is 12.9 Å². The van der Waals surface area contributed by atoms with Gasteiger partial charge in [-0.1, -0.05) is 60.7 Å². The van der Waals surface area contributed by atoms with Gasteiger partial charge in [0.05, 0.1) is 13.2 Å². The second kappa shape index (κ2) is 8.75. The molecule has 1 unspecified atom stereocenters. The smallest absolute Gasteiger partial charge is 0.429 e. The summed E-state index contributed by atoms with van der Waals surface area (Å²) < 4.78 is 15.8. The second-order valence-electron chi connectivity index (χ2n) is 6.76. The molecule has 1 aliphatic heterocycles. The number of morpholine rings is 1. The minimum absolute atomic E-state index is 0.117. The van der Waals surface area contributed by atoms with E-state index in [0.29, 0.717) is 12.1 Å². The van der Waals surface area contributed by atoms with E-state index in [0.717, 1.165) is 16.3 Å². The van der Waals surface area contributed by atoms with Gasteiger partial charge in [0.2, 0.25) is 6.29 Å². The molecule has 0 aromatic heterocycles. The maximum atomic E-state index is 12.9. The first-order chi connectivity index (χ1) is 14.2. The molecule has 6 heteroatoms. The minimum Gasteiger partial charge on any atom is -0.429 e. The molecule has 3 aromatic carbocycles. The second-order valence-corrected chi connectivity index (χ2v) is 6.76. The fourth-order valence-electron chi connectivity index (χ4n) is 3.24. The van der Waals surface area contributed by atoms with E-state index in [4.69, 9.17) is 14.2 Å². The summed E-state index contributed by atoms with van der Waals surface area (Å²) in [5.41, 5.74) is 1.46. The van der Waals surface area contributed by atoms with Gasteiger partial charge in [0.15, 0.2) is 0 Å². The average molecular weight is 391 g/mol. The van der Waals surface area contributed by atoms with Crippen molar-refractivity contribution in [1.82, 2.24) is 4.90 Å². The van der Waals surface area contributed by atoms with Crippen LogP contribution in [0.15, 0.2) is 72.8 Å². The van der Waals surface area contributed by atoms with E-state index in [1.54, 1.807) is 4.90 Å². The van der Waals surface area contributed by atoms with Crippen molar-refractivity contribution >= 4 is 22.8 Å². The van der Waals surface area contributed by atoms with E-state index in [2.05, 4.69) is 0 Å². The molecule has 4 rings (SSSR count). The van der Waals surface area contributed by atoms with Gasteiger partial charge in [-0.25, -0.2) is 4.79 Å². The van der Waals surface area contributed by atoms with E-state index in [1.165, 1.54) is 0 Å². The number of nitrogens with zero attached hydrogens (tertiary/aromatic N) is 1. The Kier molecular flexibility index (Phi) is 5.72. The molecule has 148 valence electrons. The van der Waals surface area contributed by atoms with Crippen LogP contribution in [0.5, 0.6) is 0 Å². The number of fused-ring (bicyclic) bond motifs is 1. The topological polar surface area (TPSA) is 65.1 Å². The first-order valence-corrected chi connectivity index (χ1v) is 9.46. The molecule has 1 saturated heterocycles. The predicted molar refractivity (Wildman–Crippen MR) is 107 cm³/mol. The fourth-order valence-corrected chi connectivity index (χ4v) is 3.24. The Balaban J connectivity index is 1.34. The van der Waals surface area contributed by atoms with Crippen LogP contribution < -0.4 is 0 Å². The largest absolute Gasteiger partial charge is 0.511 e. The van der Waals surface area contributed by atoms with Gasteiger partial charge in [0.1, 0.15) is 6.61 Å². The fraction of sp³-hybridized carbons (Fsp3) is 0.217. The zero-order chi connectivity index (χ0) is 20.1. The van der Waals surface area contributed by atoms with Crippen molar-refractivity contribution in [3.05, 3.63) is 83.9 Å². The number of hydrogen-bond donors (Lipinski definition) is 0. The first kappa shape index (κ1) is 19.0. The Morgan fingerprint density at radius 1 is 0.966 bits per heavy atom. The van der Waals surface area contributed by atoms with Crippen LogP contribution >= 0.6 is 0 Å². The van der Waals surface area contributed by atoms with Crippen LogP contribution in [-0.4, -0.2) is 42.9 Å². The van der Waals surface area contributed by atoms with Crippen LogP contribution in [0.4, 0.5) is 4.79 Å². The molecule has 1 fully saturated rings. The monoisotopic (exact) mass is 391 g/mol. The summed E-state index contributed by atoms with van der Waals surface area (Å²) in [6, 6.07) is 22.8. The molecule has 0 bridgehead atoms. The summed E-state index contributed by atoms with van der Waals surface area (Å²) in [5, 5.41) is 2.08. The quantitative estimate of drug-likeness (QED) is 0.629. The molecular formula is C23H21NO5. The number of carbonyl (C=O) groups is 2. The maximum absolute atomic E-state index is 12.9. The van der Waals surface area contributed by atoms with Crippen molar-refractivity contribution in [2.75, 3.05) is 19.7 Å². The van der Waals surface area contributed by atoms with Crippen molar-refractivity contribution in [1.29, 1.82) is 0 Å². The molecule has 1 aliphatic rings. The zero-order valence-electron chi connectivity index (χ0n) is 15.8. The number of rotatable bonds is 4. The molecule has 0 N–H and O–H groups in total. The van der Waals surface area contributed by atoms with E-state index >= 15 is 0 Å². The number of hydrogen-bond acceptors (Lipinski definition) is 5. The summed E-state index contributed by atoms with van der Waals surface area (Å²) in [6.07, 6.45) is -1.67. The van der Waals surface area contributed by atoms with Gasteiger partial charge >= 0.3 is 6.16 Å². The van der Waals surface area contributed by atoms with E-state index in [-0.39, 0.29) is 25.7 Å². The van der Waals surface area contributed by atoms with Crippen LogP contribution in [0.1, 0.15) is 15.9 Å². The van der Waals surface area contributed by atoms with Crippen LogP contribution in [0.25, 0.3) is 10.8 Å². The van der Waals surface area contributed by atoms with Gasteiger partial charge < -0.3 is 19.1 Å². The number of carbonyl (C=O) groups excluding carboxylic acids is 2. The highest BCUT2D eigenvalue weighted by Crippen LogP contribution is 2.18. The minimum atomic E-state index is -0.851. The summed E-state index contributed by atoms with van der Waals surface area (Å²) in [4.78, 5) is 26.5. The lowest BCUT2D eigenvalue weighted by atomic mass is 10.1. The molecule has 0 spiro atoms. The number of ether oxygens (including phenoxy) is 3. The maximum Gasteiger partial charge on any atom is 0.511 e. The third kappa shape index (κ3) is 4.73. The van der Waals surface area contributed by atoms with Gasteiger partial charge in [-0.15, -0.1) is 0 Å². The highest BCUT2D eigenvalue weighted by molar-refractivity contribution is 5.98. The third-order valence-corrected chi connectivity index (χ3v) is 4.75. The first-order valence-electron chi connectivity index (χ1n) is 9.46. The predicted octanol–water partition coefficient (Wildman–Crippen LogP) is 3.99. The Labute approximate surface area is 168 Å². The Morgan fingerprint density at radius 3 is 2.55 bits per heavy atom. The van der Waals surface area contributed by atoms with Crippen molar-refractivity contribution in [3.63, 3.8) is 0 Å². The van der Waals surface area contributed by atoms with Gasteiger partial charge in [0.25, 0.3) is 5.91 Å². The van der Waals surface area contributed by atoms with Gasteiger partial charge in [-0.2, -0.15) is 0 Å². The van der Waals surface area contributed by atoms with E-state index in [9.17, 15) is 9.59 Å². The number of amides is 1. The molecule has 29 heavy (non-hydrogen) atoms. The molecule has 0 aliphatic carbocycles. The highest BCUT2D eigenvalue weighted by Gasteiger charge is 2.28. The molecule has 3 aromatic rings. The van der Waals surface area contributed by atoms with Gasteiger partial charge in [-0.3, -0.25) is 4.79 Å². The molecule has 6 nitrogen and oxygen atoms in total. The third-order valence-electron chi connectivity index (χ3n) is 4.75. The van der Waals surface area contributed by atoms with Crippen LogP contribution in [0.2, 0.25) is 0 Å². The van der Waals surface area contributed by atoms with Crippen molar-refractivity contribution in [2.24, 2.45) is 0 Å². The molecule has 1 atom stereocenters. The zero-order valence-corrected chi connectivity index (χ0v) is 15.8. The van der Waals surface area contributed by atoms with Crippen molar-refractivity contribution in [3.8, 4) is 0 Å². The molecule has 1 heterocycles. The molecule has 0 radical (unpaired) electrons. The van der Waals surface area contributed by atoms with Crippen molar-refractivity contribution < 1.29 is 23.8 Å². The standard InChI is InChI=1S/C23H21NO5/c25-22(20-11-10-18-8-4-5-9-19(18)14-20)24-12-13-27-21(15-24)29-23(26)28-16-17-6-2-1-3-7-17/h1-11,14,21H,12-13,15-16H2. The van der Waals surface area contributed by atoms with Crippen LogP contribution in [0.3, 0.4) is 0 Å². The lowest BCUT2D eigenvalue weighted by Crippen LogP contribution is -2.47. The van der Waals surface area contributed by atoms with Gasteiger partial charge in [-0.05, 0) is 28.5 Å². The summed E-state index contributed by atoms with van der Waals surface area (Å²) >= 11 is 0. The Hall–Kier alpha value is -3.38. The molecule has 0 saturated carbocycles. The Morgan fingerprint density at radius 2 is 1.72 bits per heavy atom. The average Bonchev–Trinajstić information content (AvgIpc) is 2.78. The Bertz CT molecular complexity index is 1000. The summed E-state index contributed by atoms with van der Waals surface area (Å²) in [7, 11) is 0. The molecular weight excluding hydrogens is 370 g/mol. The normalized spacial score (nSPS) is 16.4.